The van der Waals surface area contributed by atoms with Crippen molar-refractivity contribution in [1.82, 2.24) is 10.3 Å². The summed E-state index contributed by atoms with van der Waals surface area (Å²) >= 11 is 0. The van der Waals surface area contributed by atoms with Crippen LogP contribution >= 0.6 is 0 Å². The van der Waals surface area contributed by atoms with Gasteiger partial charge in [-0.05, 0) is 44.0 Å². The lowest BCUT2D eigenvalue weighted by Gasteiger charge is -2.27. The highest BCUT2D eigenvalue weighted by Gasteiger charge is 2.22. The van der Waals surface area contributed by atoms with Gasteiger partial charge in [-0.2, -0.15) is 5.10 Å². The van der Waals surface area contributed by atoms with Crippen molar-refractivity contribution >= 4 is 29.6 Å². The zero-order chi connectivity index (χ0) is 22.4. The number of benzene rings is 2. The fourth-order valence-corrected chi connectivity index (χ4v) is 3.50. The Morgan fingerprint density at radius 2 is 1.65 bits per heavy atom. The second-order valence-electron chi connectivity index (χ2n) is 7.42. The van der Waals surface area contributed by atoms with Crippen LogP contribution in [0.15, 0.2) is 41.5 Å². The lowest BCUT2D eigenvalue weighted by Crippen LogP contribution is -2.41. The van der Waals surface area contributed by atoms with Gasteiger partial charge in [-0.25, -0.2) is 5.43 Å². The first-order valence-corrected chi connectivity index (χ1v) is 10.0. The van der Waals surface area contributed by atoms with Crippen molar-refractivity contribution in [3.05, 3.63) is 64.2 Å². The van der Waals surface area contributed by atoms with Crippen LogP contribution in [0.25, 0.3) is 0 Å². The molecule has 0 aliphatic carbocycles. The summed E-state index contributed by atoms with van der Waals surface area (Å²) in [6.45, 7) is 7.83. The van der Waals surface area contributed by atoms with Crippen LogP contribution < -0.4 is 10.7 Å². The number of amides is 3. The van der Waals surface area contributed by atoms with E-state index in [2.05, 4.69) is 15.8 Å². The van der Waals surface area contributed by atoms with E-state index < -0.39 is 11.8 Å². The molecule has 1 aliphatic heterocycles. The molecule has 8 heteroatoms. The maximum absolute atomic E-state index is 12.8. The lowest BCUT2D eigenvalue weighted by molar-refractivity contribution is -0.136. The van der Waals surface area contributed by atoms with Crippen LogP contribution in [0.1, 0.15) is 32.6 Å². The van der Waals surface area contributed by atoms with Crippen LogP contribution in [-0.4, -0.2) is 55.1 Å². The van der Waals surface area contributed by atoms with E-state index in [1.54, 1.807) is 29.2 Å². The largest absolute Gasteiger partial charge is 0.378 e. The van der Waals surface area contributed by atoms with E-state index >= 15 is 0 Å². The van der Waals surface area contributed by atoms with Crippen molar-refractivity contribution in [3.8, 4) is 0 Å². The summed E-state index contributed by atoms with van der Waals surface area (Å²) in [5.74, 6) is -2.05. The van der Waals surface area contributed by atoms with Gasteiger partial charge in [0.2, 0.25) is 0 Å². The van der Waals surface area contributed by atoms with Gasteiger partial charge >= 0.3 is 11.8 Å². The minimum absolute atomic E-state index is 0.219. The van der Waals surface area contributed by atoms with E-state index in [1.165, 1.54) is 6.21 Å². The first-order valence-electron chi connectivity index (χ1n) is 10.0. The normalized spacial score (nSPS) is 13.8. The second kappa shape index (κ2) is 9.99. The van der Waals surface area contributed by atoms with E-state index in [-0.39, 0.29) is 11.6 Å². The van der Waals surface area contributed by atoms with E-state index in [9.17, 15) is 14.4 Å². The lowest BCUT2D eigenvalue weighted by atomic mass is 10.0. The molecule has 0 unspecified atom stereocenters. The number of hydrogen-bond acceptors (Lipinski definition) is 5. The van der Waals surface area contributed by atoms with Crippen LogP contribution in [0, 0.1) is 20.8 Å². The van der Waals surface area contributed by atoms with Crippen molar-refractivity contribution in [2.45, 2.75) is 20.8 Å². The second-order valence-corrected chi connectivity index (χ2v) is 7.42. The Morgan fingerprint density at radius 1 is 1.00 bits per heavy atom. The van der Waals surface area contributed by atoms with Gasteiger partial charge in [-0.1, -0.05) is 29.8 Å². The number of hydrazone groups is 1. The molecule has 0 aromatic heterocycles. The molecule has 0 saturated carbocycles. The van der Waals surface area contributed by atoms with E-state index in [1.807, 2.05) is 32.9 Å². The summed E-state index contributed by atoms with van der Waals surface area (Å²) in [5.41, 5.74) is 6.90. The third kappa shape index (κ3) is 5.55. The fourth-order valence-electron chi connectivity index (χ4n) is 3.50. The van der Waals surface area contributed by atoms with Crippen LogP contribution in [0.4, 0.5) is 5.69 Å². The summed E-state index contributed by atoms with van der Waals surface area (Å²) in [6, 6.07) is 10.6. The maximum atomic E-state index is 12.8. The standard InChI is InChI=1S/C23H26N4O4/c1-15-12-16(2)19(17(3)13-15)14-24-26-22(29)21(28)25-20-7-5-4-6-18(20)23(30)27-8-10-31-11-9-27/h4-7,12-14H,8-11H2,1-3H3,(H,25,28)(H,26,29)/b24-14+. The van der Waals surface area contributed by atoms with Crippen LogP contribution in [0.5, 0.6) is 0 Å². The van der Waals surface area contributed by atoms with Gasteiger partial charge in [-0.3, -0.25) is 14.4 Å². The molecule has 2 N–H and O–H groups in total. The number of nitrogens with one attached hydrogen (secondary N) is 2. The molecule has 1 saturated heterocycles. The summed E-state index contributed by atoms with van der Waals surface area (Å²) in [4.78, 5) is 39.0. The zero-order valence-corrected chi connectivity index (χ0v) is 17.9. The molecular formula is C23H26N4O4. The molecular weight excluding hydrogens is 396 g/mol. The predicted octanol–water partition coefficient (Wildman–Crippen LogP) is 2.17. The van der Waals surface area contributed by atoms with E-state index in [0.717, 1.165) is 22.3 Å². The van der Waals surface area contributed by atoms with Gasteiger partial charge < -0.3 is 15.0 Å². The first kappa shape index (κ1) is 22.2. The predicted molar refractivity (Wildman–Crippen MR) is 118 cm³/mol. The SMILES string of the molecule is Cc1cc(C)c(/C=N/NC(=O)C(=O)Nc2ccccc2C(=O)N2CCOCC2)c(C)c1. The number of carbonyl (C=O) groups excluding carboxylic acids is 3. The molecule has 1 fully saturated rings. The molecule has 3 amide bonds. The first-order chi connectivity index (χ1) is 14.9. The summed E-state index contributed by atoms with van der Waals surface area (Å²) in [6.07, 6.45) is 1.52. The maximum Gasteiger partial charge on any atom is 0.329 e. The van der Waals surface area contributed by atoms with Crippen molar-refractivity contribution in [2.24, 2.45) is 5.10 Å². The molecule has 1 heterocycles. The third-order valence-corrected chi connectivity index (χ3v) is 5.01. The molecule has 162 valence electrons. The molecule has 31 heavy (non-hydrogen) atoms. The average Bonchev–Trinajstić information content (AvgIpc) is 2.75. The molecule has 2 aromatic rings. The highest BCUT2D eigenvalue weighted by Crippen LogP contribution is 2.18. The van der Waals surface area contributed by atoms with Crippen molar-refractivity contribution < 1.29 is 19.1 Å². The number of anilines is 1. The minimum Gasteiger partial charge on any atom is -0.378 e. The summed E-state index contributed by atoms with van der Waals surface area (Å²) < 4.78 is 5.27. The van der Waals surface area contributed by atoms with Crippen molar-refractivity contribution in [1.29, 1.82) is 0 Å². The monoisotopic (exact) mass is 422 g/mol. The molecule has 0 spiro atoms. The topological polar surface area (TPSA) is 100 Å². The Balaban J connectivity index is 1.65. The Labute approximate surface area is 181 Å². The molecule has 0 bridgehead atoms. The number of morpholine rings is 1. The number of hydrogen-bond donors (Lipinski definition) is 2. The van der Waals surface area contributed by atoms with E-state index in [4.69, 9.17) is 4.74 Å². The van der Waals surface area contributed by atoms with Gasteiger partial charge in [-0.15, -0.1) is 0 Å². The Bertz CT molecular complexity index is 1000. The Hall–Kier alpha value is -3.52. The van der Waals surface area contributed by atoms with Crippen molar-refractivity contribution in [2.75, 3.05) is 31.6 Å². The van der Waals surface area contributed by atoms with Gasteiger partial charge in [0, 0.05) is 18.7 Å². The quantitative estimate of drug-likeness (QED) is 0.448. The van der Waals surface area contributed by atoms with Gasteiger partial charge in [0.05, 0.1) is 30.7 Å². The molecule has 8 nitrogen and oxygen atoms in total. The number of para-hydroxylation sites is 1. The van der Waals surface area contributed by atoms with Crippen LogP contribution in [0.3, 0.4) is 0 Å². The summed E-state index contributed by atoms with van der Waals surface area (Å²) in [7, 11) is 0. The molecule has 2 aromatic carbocycles. The molecule has 3 rings (SSSR count). The Morgan fingerprint density at radius 3 is 2.32 bits per heavy atom. The molecule has 0 radical (unpaired) electrons. The Kier molecular flexibility index (Phi) is 7.15. The number of carbonyl (C=O) groups is 3. The smallest absolute Gasteiger partial charge is 0.329 e. The fraction of sp³-hybridized carbons (Fsp3) is 0.304. The number of aryl methyl sites for hydroxylation is 3. The van der Waals surface area contributed by atoms with Gasteiger partial charge in [0.1, 0.15) is 0 Å². The highest BCUT2D eigenvalue weighted by molar-refractivity contribution is 6.40. The number of nitrogens with zero attached hydrogens (tertiary/aromatic N) is 2. The zero-order valence-electron chi connectivity index (χ0n) is 17.9. The van der Waals surface area contributed by atoms with Gasteiger partial charge in [0.15, 0.2) is 0 Å². The molecule has 0 atom stereocenters. The summed E-state index contributed by atoms with van der Waals surface area (Å²) in [5, 5.41) is 6.42. The highest BCUT2D eigenvalue weighted by atomic mass is 16.5. The number of ether oxygens (including phenoxy) is 1. The van der Waals surface area contributed by atoms with E-state index in [0.29, 0.717) is 31.9 Å². The van der Waals surface area contributed by atoms with Gasteiger partial charge in [0.25, 0.3) is 5.91 Å². The van der Waals surface area contributed by atoms with Crippen LogP contribution in [0.2, 0.25) is 0 Å². The average molecular weight is 422 g/mol. The molecule has 1 aliphatic rings. The van der Waals surface area contributed by atoms with Crippen LogP contribution in [-0.2, 0) is 14.3 Å². The minimum atomic E-state index is -0.924. The number of rotatable bonds is 4. The third-order valence-electron chi connectivity index (χ3n) is 5.01. The van der Waals surface area contributed by atoms with Crippen molar-refractivity contribution in [3.63, 3.8) is 0 Å².